The quantitative estimate of drug-likeness (QED) is 0.303. The summed E-state index contributed by atoms with van der Waals surface area (Å²) in [6.07, 6.45) is 0. The molecule has 0 bridgehead atoms. The number of guanidine groups is 1. The molecule has 0 saturated heterocycles. The Labute approximate surface area is 167 Å². The van der Waals surface area contributed by atoms with Crippen molar-refractivity contribution >= 4 is 29.9 Å². The van der Waals surface area contributed by atoms with Crippen LogP contribution in [0.5, 0.6) is 5.75 Å². The number of hydrogen-bond acceptors (Lipinski definition) is 3. The Balaban J connectivity index is 0.00000312. The maximum Gasteiger partial charge on any atom is 0.191 e. The van der Waals surface area contributed by atoms with Gasteiger partial charge in [0, 0.05) is 31.9 Å². The second-order valence-electron chi connectivity index (χ2n) is 5.79. The second kappa shape index (κ2) is 10.3. The molecular formula is C18H28IN5O. The molecule has 138 valence electrons. The van der Waals surface area contributed by atoms with Crippen LogP contribution in [-0.4, -0.2) is 35.9 Å². The minimum Gasteiger partial charge on any atom is -0.492 e. The number of benzene rings is 1. The number of aromatic nitrogens is 2. The average Bonchev–Trinajstić information content (AvgIpc) is 2.80. The van der Waals surface area contributed by atoms with Crippen LogP contribution in [0.2, 0.25) is 0 Å². The van der Waals surface area contributed by atoms with Crippen LogP contribution < -0.4 is 15.4 Å². The first-order chi connectivity index (χ1) is 11.5. The maximum absolute atomic E-state index is 5.73. The van der Waals surface area contributed by atoms with E-state index in [2.05, 4.69) is 40.6 Å². The molecule has 2 aromatic rings. The minimum atomic E-state index is 0. The van der Waals surface area contributed by atoms with Gasteiger partial charge in [0.15, 0.2) is 5.96 Å². The predicted molar refractivity (Wildman–Crippen MR) is 113 cm³/mol. The van der Waals surface area contributed by atoms with E-state index in [4.69, 9.17) is 4.74 Å². The van der Waals surface area contributed by atoms with Gasteiger partial charge in [0.25, 0.3) is 0 Å². The van der Waals surface area contributed by atoms with E-state index >= 15 is 0 Å². The largest absolute Gasteiger partial charge is 0.492 e. The first-order valence-corrected chi connectivity index (χ1v) is 8.14. The highest BCUT2D eigenvalue weighted by Crippen LogP contribution is 2.12. The molecule has 0 aliphatic carbocycles. The highest BCUT2D eigenvalue weighted by molar-refractivity contribution is 14.0. The lowest BCUT2D eigenvalue weighted by Crippen LogP contribution is -2.39. The molecule has 0 spiro atoms. The van der Waals surface area contributed by atoms with Crippen molar-refractivity contribution in [2.45, 2.75) is 27.3 Å². The third kappa shape index (κ3) is 6.22. The summed E-state index contributed by atoms with van der Waals surface area (Å²) in [5.74, 6) is 1.65. The van der Waals surface area contributed by atoms with E-state index in [1.165, 1.54) is 16.8 Å². The van der Waals surface area contributed by atoms with Gasteiger partial charge in [-0.25, -0.2) is 0 Å². The fraction of sp³-hybridized carbons (Fsp3) is 0.444. The standard InChI is InChI=1S/C18H27N5O.HI/c1-13-7-6-8-16(11-13)24-10-9-20-18(19-4)21-12-17-14(2)22-23(5)15(17)3;/h6-8,11H,9-10,12H2,1-5H3,(H2,19,20,21);1H. The molecule has 1 heterocycles. The molecular weight excluding hydrogens is 429 g/mol. The SMILES string of the molecule is CN=C(NCCOc1cccc(C)c1)NCc1c(C)nn(C)c1C.I. The van der Waals surface area contributed by atoms with Crippen LogP contribution in [-0.2, 0) is 13.6 Å². The summed E-state index contributed by atoms with van der Waals surface area (Å²) in [6.45, 7) is 8.11. The van der Waals surface area contributed by atoms with Crippen molar-refractivity contribution in [3.05, 3.63) is 46.8 Å². The van der Waals surface area contributed by atoms with Gasteiger partial charge in [-0.15, -0.1) is 24.0 Å². The molecule has 2 N–H and O–H groups in total. The molecule has 0 aliphatic rings. The molecule has 2 rings (SSSR count). The lowest BCUT2D eigenvalue weighted by atomic mass is 10.2. The smallest absolute Gasteiger partial charge is 0.191 e. The van der Waals surface area contributed by atoms with E-state index in [1.807, 2.05) is 36.9 Å². The van der Waals surface area contributed by atoms with E-state index in [0.717, 1.165) is 17.4 Å². The Morgan fingerprint density at radius 1 is 1.24 bits per heavy atom. The lowest BCUT2D eigenvalue weighted by molar-refractivity contribution is 0.321. The summed E-state index contributed by atoms with van der Waals surface area (Å²) in [5.41, 5.74) is 4.61. The fourth-order valence-electron chi connectivity index (χ4n) is 2.51. The Morgan fingerprint density at radius 2 is 2.00 bits per heavy atom. The monoisotopic (exact) mass is 457 g/mol. The van der Waals surface area contributed by atoms with Gasteiger partial charge < -0.3 is 15.4 Å². The summed E-state index contributed by atoms with van der Waals surface area (Å²) in [4.78, 5) is 4.24. The van der Waals surface area contributed by atoms with Crippen molar-refractivity contribution in [2.75, 3.05) is 20.2 Å². The molecule has 0 radical (unpaired) electrons. The summed E-state index contributed by atoms with van der Waals surface area (Å²) in [6, 6.07) is 8.05. The topological polar surface area (TPSA) is 63.5 Å². The Bertz CT molecular complexity index is 711. The van der Waals surface area contributed by atoms with Gasteiger partial charge in [-0.2, -0.15) is 5.10 Å². The van der Waals surface area contributed by atoms with Crippen LogP contribution in [0.25, 0.3) is 0 Å². The third-order valence-corrected chi connectivity index (χ3v) is 3.97. The van der Waals surface area contributed by atoms with Gasteiger partial charge in [-0.3, -0.25) is 9.67 Å². The van der Waals surface area contributed by atoms with E-state index in [0.29, 0.717) is 19.7 Å². The average molecular weight is 457 g/mol. The van der Waals surface area contributed by atoms with Crippen LogP contribution in [0.15, 0.2) is 29.3 Å². The zero-order chi connectivity index (χ0) is 17.5. The minimum absolute atomic E-state index is 0. The summed E-state index contributed by atoms with van der Waals surface area (Å²) >= 11 is 0. The van der Waals surface area contributed by atoms with Crippen molar-refractivity contribution < 1.29 is 4.74 Å². The number of aliphatic imine (C=N–C) groups is 1. The second-order valence-corrected chi connectivity index (χ2v) is 5.79. The number of nitrogens with zero attached hydrogens (tertiary/aromatic N) is 3. The van der Waals surface area contributed by atoms with Crippen LogP contribution in [0.3, 0.4) is 0 Å². The van der Waals surface area contributed by atoms with Crippen molar-refractivity contribution in [3.63, 3.8) is 0 Å². The van der Waals surface area contributed by atoms with Crippen molar-refractivity contribution in [3.8, 4) is 5.75 Å². The Kier molecular flexibility index (Phi) is 8.74. The number of nitrogens with one attached hydrogen (secondary N) is 2. The zero-order valence-electron chi connectivity index (χ0n) is 15.6. The first-order valence-electron chi connectivity index (χ1n) is 8.14. The van der Waals surface area contributed by atoms with Crippen molar-refractivity contribution in [1.82, 2.24) is 20.4 Å². The van der Waals surface area contributed by atoms with Gasteiger partial charge in [0.1, 0.15) is 12.4 Å². The Morgan fingerprint density at radius 3 is 2.60 bits per heavy atom. The third-order valence-electron chi connectivity index (χ3n) is 3.97. The van der Waals surface area contributed by atoms with Crippen LogP contribution in [0.1, 0.15) is 22.5 Å². The zero-order valence-corrected chi connectivity index (χ0v) is 17.9. The van der Waals surface area contributed by atoms with E-state index in [-0.39, 0.29) is 24.0 Å². The van der Waals surface area contributed by atoms with E-state index < -0.39 is 0 Å². The van der Waals surface area contributed by atoms with Gasteiger partial charge >= 0.3 is 0 Å². The fourth-order valence-corrected chi connectivity index (χ4v) is 2.51. The summed E-state index contributed by atoms with van der Waals surface area (Å²) in [5, 5.41) is 11.0. The molecule has 25 heavy (non-hydrogen) atoms. The molecule has 1 aromatic heterocycles. The molecule has 0 unspecified atom stereocenters. The number of aryl methyl sites for hydroxylation is 3. The predicted octanol–water partition coefficient (Wildman–Crippen LogP) is 2.71. The summed E-state index contributed by atoms with van der Waals surface area (Å²) in [7, 11) is 3.72. The highest BCUT2D eigenvalue weighted by Gasteiger charge is 2.09. The van der Waals surface area contributed by atoms with Crippen LogP contribution >= 0.6 is 24.0 Å². The molecule has 6 nitrogen and oxygen atoms in total. The number of rotatable bonds is 6. The van der Waals surface area contributed by atoms with E-state index in [9.17, 15) is 0 Å². The van der Waals surface area contributed by atoms with Gasteiger partial charge in [0.2, 0.25) is 0 Å². The number of hydrogen-bond donors (Lipinski definition) is 2. The highest BCUT2D eigenvalue weighted by atomic mass is 127. The number of ether oxygens (including phenoxy) is 1. The summed E-state index contributed by atoms with van der Waals surface area (Å²) < 4.78 is 7.63. The van der Waals surface area contributed by atoms with E-state index in [1.54, 1.807) is 7.05 Å². The maximum atomic E-state index is 5.73. The lowest BCUT2D eigenvalue weighted by Gasteiger charge is -2.13. The Hall–Kier alpha value is -1.77. The molecule has 1 aromatic carbocycles. The van der Waals surface area contributed by atoms with Gasteiger partial charge in [0.05, 0.1) is 12.2 Å². The van der Waals surface area contributed by atoms with Gasteiger partial charge in [-0.1, -0.05) is 12.1 Å². The van der Waals surface area contributed by atoms with Crippen molar-refractivity contribution in [2.24, 2.45) is 12.0 Å². The molecule has 0 atom stereocenters. The van der Waals surface area contributed by atoms with Gasteiger partial charge in [-0.05, 0) is 38.5 Å². The molecule has 0 amide bonds. The molecule has 0 saturated carbocycles. The molecule has 0 fully saturated rings. The molecule has 7 heteroatoms. The van der Waals surface area contributed by atoms with Crippen molar-refractivity contribution in [1.29, 1.82) is 0 Å². The first kappa shape index (κ1) is 21.3. The van der Waals surface area contributed by atoms with Crippen LogP contribution in [0, 0.1) is 20.8 Å². The number of halogens is 1. The van der Waals surface area contributed by atoms with Crippen LogP contribution in [0.4, 0.5) is 0 Å². The normalized spacial score (nSPS) is 11.0. The molecule has 0 aliphatic heterocycles.